The van der Waals surface area contributed by atoms with Gasteiger partial charge >= 0.3 is 0 Å². The number of ether oxygens (including phenoxy) is 2. The summed E-state index contributed by atoms with van der Waals surface area (Å²) < 4.78 is 11.1. The summed E-state index contributed by atoms with van der Waals surface area (Å²) in [6.07, 6.45) is 4.76. The van der Waals surface area contributed by atoms with E-state index in [2.05, 4.69) is 22.9 Å². The highest BCUT2D eigenvalue weighted by molar-refractivity contribution is 9.09. The molecule has 0 N–H and O–H groups in total. The molecule has 1 aliphatic heterocycles. The Morgan fingerprint density at radius 1 is 1.54 bits per heavy atom. The van der Waals surface area contributed by atoms with E-state index in [1.54, 1.807) is 0 Å². The van der Waals surface area contributed by atoms with Gasteiger partial charge in [0.05, 0.1) is 6.61 Å². The van der Waals surface area contributed by atoms with E-state index in [1.165, 1.54) is 19.3 Å². The molecule has 0 aromatic heterocycles. The highest BCUT2D eigenvalue weighted by Gasteiger charge is 2.14. The predicted octanol–water partition coefficient (Wildman–Crippen LogP) is 2.95. The van der Waals surface area contributed by atoms with Gasteiger partial charge in [-0.05, 0) is 31.6 Å². The van der Waals surface area contributed by atoms with Crippen LogP contribution < -0.4 is 0 Å². The molecule has 0 amide bonds. The van der Waals surface area contributed by atoms with Gasteiger partial charge < -0.3 is 9.47 Å². The molecule has 1 rings (SSSR count). The smallest absolute Gasteiger partial charge is 0.157 e. The van der Waals surface area contributed by atoms with Crippen LogP contribution in [0.4, 0.5) is 0 Å². The zero-order chi connectivity index (χ0) is 9.52. The van der Waals surface area contributed by atoms with Crippen molar-refractivity contribution in [2.45, 2.75) is 38.9 Å². The maximum absolute atomic E-state index is 5.65. The maximum Gasteiger partial charge on any atom is 0.157 e. The molecule has 0 aromatic rings. The van der Waals surface area contributed by atoms with Crippen molar-refractivity contribution in [3.8, 4) is 0 Å². The number of hydrogen-bond donors (Lipinski definition) is 0. The minimum Gasteiger partial charge on any atom is -0.353 e. The Kier molecular flexibility index (Phi) is 6.00. The lowest BCUT2D eigenvalue weighted by molar-refractivity contribution is -0.168. The van der Waals surface area contributed by atoms with Crippen molar-refractivity contribution in [2.75, 3.05) is 18.5 Å². The van der Waals surface area contributed by atoms with Crippen molar-refractivity contribution in [3.05, 3.63) is 0 Å². The van der Waals surface area contributed by atoms with Gasteiger partial charge in [0.2, 0.25) is 0 Å². The number of alkyl halides is 1. The highest BCUT2D eigenvalue weighted by atomic mass is 79.9. The van der Waals surface area contributed by atoms with Crippen LogP contribution >= 0.6 is 15.9 Å². The molecule has 13 heavy (non-hydrogen) atoms. The molecule has 1 saturated heterocycles. The molecule has 2 atom stereocenters. The molecule has 3 heteroatoms. The third-order valence-electron chi connectivity index (χ3n) is 2.31. The van der Waals surface area contributed by atoms with Crippen molar-refractivity contribution in [1.29, 1.82) is 0 Å². The average molecular weight is 251 g/mol. The van der Waals surface area contributed by atoms with Crippen LogP contribution in [0.15, 0.2) is 0 Å². The zero-order valence-electron chi connectivity index (χ0n) is 8.30. The lowest BCUT2D eigenvalue weighted by Gasteiger charge is -2.24. The molecule has 0 radical (unpaired) electrons. The summed E-state index contributed by atoms with van der Waals surface area (Å²) in [6.45, 7) is 3.91. The van der Waals surface area contributed by atoms with E-state index in [-0.39, 0.29) is 6.29 Å². The fraction of sp³-hybridized carbons (Fsp3) is 1.00. The first-order chi connectivity index (χ1) is 6.33. The highest BCUT2D eigenvalue weighted by Crippen LogP contribution is 2.15. The second-order valence-corrected chi connectivity index (χ2v) is 4.51. The second kappa shape index (κ2) is 6.80. The van der Waals surface area contributed by atoms with Crippen molar-refractivity contribution >= 4 is 15.9 Å². The van der Waals surface area contributed by atoms with Gasteiger partial charge in [-0.2, -0.15) is 0 Å². The quantitative estimate of drug-likeness (QED) is 0.699. The zero-order valence-corrected chi connectivity index (χ0v) is 9.88. The van der Waals surface area contributed by atoms with Gasteiger partial charge in [0, 0.05) is 11.9 Å². The molecule has 1 aliphatic rings. The Hall–Kier alpha value is 0.400. The Morgan fingerprint density at radius 2 is 2.38 bits per heavy atom. The summed E-state index contributed by atoms with van der Waals surface area (Å²) in [6, 6.07) is 0. The summed E-state index contributed by atoms with van der Waals surface area (Å²) in [5, 5.41) is 1.06. The average Bonchev–Trinajstić information content (AvgIpc) is 2.17. The fourth-order valence-corrected chi connectivity index (χ4v) is 2.17. The molecule has 78 valence electrons. The van der Waals surface area contributed by atoms with Gasteiger partial charge in [-0.3, -0.25) is 0 Å². The SMILES string of the molecule is C[C@@H](CCBr)COC1CCCCO1. The van der Waals surface area contributed by atoms with Crippen molar-refractivity contribution in [3.63, 3.8) is 0 Å². The fourth-order valence-electron chi connectivity index (χ4n) is 1.38. The van der Waals surface area contributed by atoms with Crippen LogP contribution in [0.25, 0.3) is 0 Å². The lowest BCUT2D eigenvalue weighted by atomic mass is 10.1. The molecule has 1 fully saturated rings. The van der Waals surface area contributed by atoms with Gasteiger partial charge in [0.25, 0.3) is 0 Å². The van der Waals surface area contributed by atoms with Gasteiger partial charge in [-0.15, -0.1) is 0 Å². The molecule has 0 aromatic carbocycles. The molecule has 0 aliphatic carbocycles. The Bertz CT molecular complexity index is 124. The van der Waals surface area contributed by atoms with Crippen molar-refractivity contribution < 1.29 is 9.47 Å². The van der Waals surface area contributed by atoms with Gasteiger partial charge in [-0.1, -0.05) is 22.9 Å². The van der Waals surface area contributed by atoms with Crippen LogP contribution in [-0.4, -0.2) is 24.8 Å². The van der Waals surface area contributed by atoms with E-state index in [0.29, 0.717) is 5.92 Å². The third kappa shape index (κ3) is 4.99. The van der Waals surface area contributed by atoms with Crippen molar-refractivity contribution in [1.82, 2.24) is 0 Å². The molecular formula is C10H19BrO2. The largest absolute Gasteiger partial charge is 0.353 e. The van der Waals surface area contributed by atoms with E-state index in [4.69, 9.17) is 9.47 Å². The predicted molar refractivity (Wildman–Crippen MR) is 57.1 cm³/mol. The molecule has 1 heterocycles. The first-order valence-electron chi connectivity index (χ1n) is 5.12. The Labute approximate surface area is 89.1 Å². The van der Waals surface area contributed by atoms with E-state index < -0.39 is 0 Å². The molecule has 2 nitrogen and oxygen atoms in total. The van der Waals surface area contributed by atoms with Crippen LogP contribution in [0.5, 0.6) is 0 Å². The minimum atomic E-state index is 0.0755. The van der Waals surface area contributed by atoms with Crippen molar-refractivity contribution in [2.24, 2.45) is 5.92 Å². The lowest BCUT2D eigenvalue weighted by Crippen LogP contribution is -2.24. The standard InChI is InChI=1S/C10H19BrO2/c1-9(5-6-11)8-13-10-4-2-3-7-12-10/h9-10H,2-8H2,1H3/t9-,10?/m0/s1. The van der Waals surface area contributed by atoms with Gasteiger partial charge in [-0.25, -0.2) is 0 Å². The van der Waals surface area contributed by atoms with Crippen LogP contribution in [0.1, 0.15) is 32.6 Å². The Balaban J connectivity index is 2.03. The van der Waals surface area contributed by atoms with Crippen LogP contribution in [0.3, 0.4) is 0 Å². The Morgan fingerprint density at radius 3 is 3.00 bits per heavy atom. The molecule has 1 unspecified atom stereocenters. The molecule has 0 saturated carbocycles. The summed E-state index contributed by atoms with van der Waals surface area (Å²) in [5.41, 5.74) is 0. The number of hydrogen-bond acceptors (Lipinski definition) is 2. The second-order valence-electron chi connectivity index (χ2n) is 3.71. The maximum atomic E-state index is 5.65. The molecule has 0 spiro atoms. The summed E-state index contributed by atoms with van der Waals surface area (Å²) >= 11 is 3.43. The minimum absolute atomic E-state index is 0.0755. The van der Waals surface area contributed by atoms with Crippen LogP contribution in [-0.2, 0) is 9.47 Å². The van der Waals surface area contributed by atoms with E-state index in [1.807, 2.05) is 0 Å². The first kappa shape index (κ1) is 11.5. The molecular weight excluding hydrogens is 232 g/mol. The van der Waals surface area contributed by atoms with Gasteiger partial charge in [0.1, 0.15) is 0 Å². The summed E-state index contributed by atoms with van der Waals surface area (Å²) in [4.78, 5) is 0. The van der Waals surface area contributed by atoms with E-state index in [9.17, 15) is 0 Å². The normalized spacial score (nSPS) is 25.8. The number of halogens is 1. The van der Waals surface area contributed by atoms with E-state index in [0.717, 1.165) is 25.0 Å². The monoisotopic (exact) mass is 250 g/mol. The molecule has 0 bridgehead atoms. The van der Waals surface area contributed by atoms with E-state index >= 15 is 0 Å². The van der Waals surface area contributed by atoms with Crippen LogP contribution in [0, 0.1) is 5.92 Å². The summed E-state index contributed by atoms with van der Waals surface area (Å²) in [7, 11) is 0. The topological polar surface area (TPSA) is 18.5 Å². The number of rotatable bonds is 5. The summed E-state index contributed by atoms with van der Waals surface area (Å²) in [5.74, 6) is 0.630. The first-order valence-corrected chi connectivity index (χ1v) is 6.24. The van der Waals surface area contributed by atoms with Gasteiger partial charge in [0.15, 0.2) is 6.29 Å². The van der Waals surface area contributed by atoms with Crippen LogP contribution in [0.2, 0.25) is 0 Å². The third-order valence-corrected chi connectivity index (χ3v) is 2.76.